The molecule has 1 atom stereocenters. The monoisotopic (exact) mass is 273 g/mol. The normalized spacial score (nSPS) is 15.1. The lowest BCUT2D eigenvalue weighted by Gasteiger charge is -2.18. The maximum Gasteiger partial charge on any atom is 0.306 e. The van der Waals surface area contributed by atoms with Crippen LogP contribution in [0.5, 0.6) is 11.5 Å². The number of fused-ring (bicyclic) bond motifs is 2. The van der Waals surface area contributed by atoms with Gasteiger partial charge >= 0.3 is 5.97 Å². The molecule has 3 rings (SSSR count). The summed E-state index contributed by atoms with van der Waals surface area (Å²) in [6.45, 7) is 2.77. The summed E-state index contributed by atoms with van der Waals surface area (Å²) in [6.07, 6.45) is 0.416. The molecule has 1 aromatic heterocycles. The molecule has 0 amide bonds. The average molecular weight is 273 g/mol. The van der Waals surface area contributed by atoms with Crippen LogP contribution in [-0.2, 0) is 11.2 Å². The first-order valence-corrected chi connectivity index (χ1v) is 6.55. The molecule has 20 heavy (non-hydrogen) atoms. The van der Waals surface area contributed by atoms with Crippen LogP contribution in [-0.4, -0.2) is 29.3 Å². The molecule has 104 valence electrons. The number of rotatable bonds is 3. The fourth-order valence-electron chi connectivity index (χ4n) is 2.22. The summed E-state index contributed by atoms with van der Waals surface area (Å²) in [5.41, 5.74) is 1.56. The number of carboxylic acids is 1. The Bertz CT molecular complexity index is 668. The first kappa shape index (κ1) is 12.7. The molecule has 0 bridgehead atoms. The van der Waals surface area contributed by atoms with E-state index in [-0.39, 0.29) is 0 Å². The van der Waals surface area contributed by atoms with Crippen molar-refractivity contribution < 1.29 is 19.4 Å². The maximum atomic E-state index is 10.9. The molecule has 0 saturated heterocycles. The number of ether oxygens (including phenoxy) is 2. The molecule has 1 unspecified atom stereocenters. The van der Waals surface area contributed by atoms with Crippen molar-refractivity contribution in [3.8, 4) is 11.5 Å². The maximum absolute atomic E-state index is 10.9. The van der Waals surface area contributed by atoms with E-state index in [0.29, 0.717) is 25.4 Å². The SMILES string of the molecule is CC(Cc1ccc2cc3c(cc2n1)OCCO3)C(=O)O. The number of benzene rings is 1. The smallest absolute Gasteiger partial charge is 0.306 e. The van der Waals surface area contributed by atoms with E-state index in [0.717, 1.165) is 22.3 Å². The number of pyridine rings is 1. The van der Waals surface area contributed by atoms with Gasteiger partial charge in [0, 0.05) is 23.6 Å². The second-order valence-corrected chi connectivity index (χ2v) is 4.93. The molecule has 2 heterocycles. The zero-order valence-corrected chi connectivity index (χ0v) is 11.1. The lowest BCUT2D eigenvalue weighted by atomic mass is 10.0. The summed E-state index contributed by atoms with van der Waals surface area (Å²) in [4.78, 5) is 15.4. The van der Waals surface area contributed by atoms with Gasteiger partial charge in [-0.05, 0) is 12.1 Å². The van der Waals surface area contributed by atoms with Gasteiger partial charge in [0.1, 0.15) is 13.2 Å². The third-order valence-corrected chi connectivity index (χ3v) is 3.35. The molecular weight excluding hydrogens is 258 g/mol. The summed E-state index contributed by atoms with van der Waals surface area (Å²) in [5, 5.41) is 9.91. The number of aromatic nitrogens is 1. The molecule has 0 radical (unpaired) electrons. The highest BCUT2D eigenvalue weighted by molar-refractivity contribution is 5.83. The van der Waals surface area contributed by atoms with Gasteiger partial charge in [-0.25, -0.2) is 0 Å². The quantitative estimate of drug-likeness (QED) is 0.929. The molecule has 0 spiro atoms. The highest BCUT2D eigenvalue weighted by atomic mass is 16.6. The van der Waals surface area contributed by atoms with Gasteiger partial charge in [0.2, 0.25) is 0 Å². The third kappa shape index (κ3) is 2.39. The second-order valence-electron chi connectivity index (χ2n) is 4.93. The Morgan fingerprint density at radius 2 is 2.00 bits per heavy atom. The molecule has 1 aromatic carbocycles. The molecule has 1 N–H and O–H groups in total. The lowest BCUT2D eigenvalue weighted by molar-refractivity contribution is -0.141. The Kier molecular flexibility index (Phi) is 3.18. The first-order valence-electron chi connectivity index (χ1n) is 6.55. The van der Waals surface area contributed by atoms with Crippen molar-refractivity contribution in [3.05, 3.63) is 30.0 Å². The topological polar surface area (TPSA) is 68.7 Å². The van der Waals surface area contributed by atoms with Crippen molar-refractivity contribution in [2.24, 2.45) is 5.92 Å². The number of aliphatic carboxylic acids is 1. The predicted molar refractivity (Wildman–Crippen MR) is 73.2 cm³/mol. The molecule has 5 nitrogen and oxygen atoms in total. The minimum Gasteiger partial charge on any atom is -0.486 e. The fraction of sp³-hybridized carbons (Fsp3) is 0.333. The van der Waals surface area contributed by atoms with E-state index in [1.807, 2.05) is 24.3 Å². The van der Waals surface area contributed by atoms with Crippen molar-refractivity contribution in [1.82, 2.24) is 4.98 Å². The van der Waals surface area contributed by atoms with Gasteiger partial charge < -0.3 is 14.6 Å². The van der Waals surface area contributed by atoms with Crippen molar-refractivity contribution in [3.63, 3.8) is 0 Å². The number of carbonyl (C=O) groups is 1. The van der Waals surface area contributed by atoms with Crippen LogP contribution in [0, 0.1) is 5.92 Å². The average Bonchev–Trinajstić information content (AvgIpc) is 2.45. The fourth-order valence-corrected chi connectivity index (χ4v) is 2.22. The van der Waals surface area contributed by atoms with E-state index < -0.39 is 11.9 Å². The number of nitrogens with zero attached hydrogens (tertiary/aromatic N) is 1. The van der Waals surface area contributed by atoms with Gasteiger partial charge in [-0.3, -0.25) is 9.78 Å². The van der Waals surface area contributed by atoms with Crippen LogP contribution in [0.25, 0.3) is 10.9 Å². The first-order chi connectivity index (χ1) is 9.63. The molecule has 0 fully saturated rings. The largest absolute Gasteiger partial charge is 0.486 e. The summed E-state index contributed by atoms with van der Waals surface area (Å²) in [6, 6.07) is 7.54. The van der Waals surface area contributed by atoms with Crippen LogP contribution in [0.3, 0.4) is 0 Å². The Hall–Kier alpha value is -2.30. The highest BCUT2D eigenvalue weighted by Crippen LogP contribution is 2.34. The molecule has 0 saturated carbocycles. The number of hydrogen-bond acceptors (Lipinski definition) is 4. The zero-order chi connectivity index (χ0) is 14.1. The second kappa shape index (κ2) is 5.00. The standard InChI is InChI=1S/C15H15NO4/c1-9(15(17)18)6-11-3-2-10-7-13-14(8-12(10)16-11)20-5-4-19-13/h2-3,7-9H,4-6H2,1H3,(H,17,18). The zero-order valence-electron chi connectivity index (χ0n) is 11.1. The van der Waals surface area contributed by atoms with Crippen molar-refractivity contribution >= 4 is 16.9 Å². The van der Waals surface area contributed by atoms with Crippen LogP contribution in [0.2, 0.25) is 0 Å². The lowest BCUT2D eigenvalue weighted by Crippen LogP contribution is -2.15. The number of carboxylic acid groups (broad SMARTS) is 1. The van der Waals surface area contributed by atoms with Crippen molar-refractivity contribution in [1.29, 1.82) is 0 Å². The predicted octanol–water partition coefficient (Wildman–Crippen LogP) is 2.27. The van der Waals surface area contributed by atoms with Crippen LogP contribution in [0.1, 0.15) is 12.6 Å². The molecule has 5 heteroatoms. The van der Waals surface area contributed by atoms with Gasteiger partial charge in [0.15, 0.2) is 11.5 Å². The summed E-state index contributed by atoms with van der Waals surface area (Å²) < 4.78 is 11.1. The van der Waals surface area contributed by atoms with Crippen LogP contribution in [0.15, 0.2) is 24.3 Å². The minimum atomic E-state index is -0.811. The van der Waals surface area contributed by atoms with Gasteiger partial charge in [0.25, 0.3) is 0 Å². The third-order valence-electron chi connectivity index (χ3n) is 3.35. The highest BCUT2D eigenvalue weighted by Gasteiger charge is 2.15. The summed E-state index contributed by atoms with van der Waals surface area (Å²) in [5.74, 6) is 0.170. The van der Waals surface area contributed by atoms with Gasteiger partial charge in [0.05, 0.1) is 11.4 Å². The van der Waals surface area contributed by atoms with Crippen LogP contribution < -0.4 is 9.47 Å². The number of hydrogen-bond donors (Lipinski definition) is 1. The minimum absolute atomic E-state index is 0.416. The molecular formula is C15H15NO4. The molecule has 1 aliphatic rings. The van der Waals surface area contributed by atoms with Gasteiger partial charge in [-0.1, -0.05) is 13.0 Å². The van der Waals surface area contributed by atoms with E-state index >= 15 is 0 Å². The van der Waals surface area contributed by atoms with Gasteiger partial charge in [-0.15, -0.1) is 0 Å². The Labute approximate surface area is 116 Å². The Balaban J connectivity index is 1.96. The van der Waals surface area contributed by atoms with Crippen LogP contribution >= 0.6 is 0 Å². The van der Waals surface area contributed by atoms with E-state index in [9.17, 15) is 4.79 Å². The van der Waals surface area contributed by atoms with E-state index in [1.165, 1.54) is 0 Å². The van der Waals surface area contributed by atoms with Crippen LogP contribution in [0.4, 0.5) is 0 Å². The van der Waals surface area contributed by atoms with E-state index in [4.69, 9.17) is 14.6 Å². The Morgan fingerprint density at radius 1 is 1.30 bits per heavy atom. The molecule has 2 aromatic rings. The summed E-state index contributed by atoms with van der Waals surface area (Å²) in [7, 11) is 0. The van der Waals surface area contributed by atoms with E-state index in [1.54, 1.807) is 6.92 Å². The van der Waals surface area contributed by atoms with Gasteiger partial charge in [-0.2, -0.15) is 0 Å². The Morgan fingerprint density at radius 3 is 2.70 bits per heavy atom. The van der Waals surface area contributed by atoms with E-state index in [2.05, 4.69) is 4.98 Å². The molecule has 0 aliphatic carbocycles. The van der Waals surface area contributed by atoms with Crippen molar-refractivity contribution in [2.75, 3.05) is 13.2 Å². The molecule has 1 aliphatic heterocycles. The summed E-state index contributed by atoms with van der Waals surface area (Å²) >= 11 is 0. The van der Waals surface area contributed by atoms with Crippen molar-refractivity contribution in [2.45, 2.75) is 13.3 Å².